The molecule has 1 aromatic rings. The molecule has 1 fully saturated rings. The van der Waals surface area contributed by atoms with Crippen molar-refractivity contribution in [2.75, 3.05) is 26.0 Å². The maximum absolute atomic E-state index is 11.9. The van der Waals surface area contributed by atoms with Gasteiger partial charge in [0.2, 0.25) is 0 Å². The summed E-state index contributed by atoms with van der Waals surface area (Å²) in [5.41, 5.74) is 7.68. The number of carbonyl (C=O) groups excluding carboxylic acids is 1. The first kappa shape index (κ1) is 15.8. The van der Waals surface area contributed by atoms with Crippen molar-refractivity contribution in [3.8, 4) is 0 Å². The molecule has 1 aliphatic rings. The Hall–Kier alpha value is -1.59. The first-order valence-corrected chi connectivity index (χ1v) is 7.48. The van der Waals surface area contributed by atoms with Gasteiger partial charge in [-0.25, -0.2) is 4.79 Å². The number of nitrogen functional groups attached to an aromatic ring is 1. The van der Waals surface area contributed by atoms with Gasteiger partial charge >= 0.3 is 5.97 Å². The zero-order valence-electron chi connectivity index (χ0n) is 12.5. The maximum atomic E-state index is 11.9. The van der Waals surface area contributed by atoms with Crippen molar-refractivity contribution in [3.63, 3.8) is 0 Å². The van der Waals surface area contributed by atoms with Crippen molar-refractivity contribution in [1.82, 2.24) is 4.90 Å². The second kappa shape index (κ2) is 7.43. The Morgan fingerprint density at radius 1 is 1.43 bits per heavy atom. The van der Waals surface area contributed by atoms with Crippen LogP contribution in [0.3, 0.4) is 0 Å². The Balaban J connectivity index is 2.25. The van der Waals surface area contributed by atoms with Crippen LogP contribution in [0.1, 0.15) is 41.6 Å². The molecule has 0 aromatic heterocycles. The number of hydrogen-bond acceptors (Lipinski definition) is 5. The summed E-state index contributed by atoms with van der Waals surface area (Å²) in [6.45, 7) is 1.69. The lowest BCUT2D eigenvalue weighted by Gasteiger charge is -2.29. The van der Waals surface area contributed by atoms with Crippen molar-refractivity contribution < 1.29 is 14.6 Å². The second-order valence-corrected chi connectivity index (χ2v) is 5.53. The zero-order chi connectivity index (χ0) is 15.2. The van der Waals surface area contributed by atoms with Gasteiger partial charge in [-0.3, -0.25) is 4.90 Å². The predicted molar refractivity (Wildman–Crippen MR) is 81.9 cm³/mol. The van der Waals surface area contributed by atoms with Crippen LogP contribution in [0.5, 0.6) is 0 Å². The van der Waals surface area contributed by atoms with Crippen LogP contribution >= 0.6 is 0 Å². The van der Waals surface area contributed by atoms with E-state index >= 15 is 0 Å². The molecular weight excluding hydrogens is 268 g/mol. The van der Waals surface area contributed by atoms with Crippen molar-refractivity contribution in [1.29, 1.82) is 0 Å². The van der Waals surface area contributed by atoms with Gasteiger partial charge in [0.25, 0.3) is 0 Å². The molecule has 1 saturated heterocycles. The van der Waals surface area contributed by atoms with E-state index in [1.54, 1.807) is 6.07 Å². The van der Waals surface area contributed by atoms with Crippen LogP contribution in [-0.4, -0.2) is 42.3 Å². The van der Waals surface area contributed by atoms with Gasteiger partial charge in [-0.15, -0.1) is 0 Å². The van der Waals surface area contributed by atoms with Gasteiger partial charge in [0.05, 0.1) is 19.3 Å². The fourth-order valence-electron chi connectivity index (χ4n) is 2.97. The third kappa shape index (κ3) is 3.74. The molecule has 21 heavy (non-hydrogen) atoms. The molecular formula is C16H24N2O3. The number of likely N-dealkylation sites (tertiary alicyclic amines) is 1. The fraction of sp³-hybridized carbons (Fsp3) is 0.562. The van der Waals surface area contributed by atoms with E-state index in [9.17, 15) is 9.90 Å². The number of esters is 1. The molecule has 0 amide bonds. The number of methoxy groups -OCH3 is 1. The van der Waals surface area contributed by atoms with Gasteiger partial charge in [0, 0.05) is 18.3 Å². The average Bonchev–Trinajstić information content (AvgIpc) is 2.71. The van der Waals surface area contributed by atoms with Gasteiger partial charge < -0.3 is 15.6 Å². The third-order valence-corrected chi connectivity index (χ3v) is 4.16. The van der Waals surface area contributed by atoms with Gasteiger partial charge in [-0.2, -0.15) is 0 Å². The van der Waals surface area contributed by atoms with Crippen molar-refractivity contribution >= 4 is 11.7 Å². The summed E-state index contributed by atoms with van der Waals surface area (Å²) in [4.78, 5) is 14.2. The summed E-state index contributed by atoms with van der Waals surface area (Å²) in [5, 5.41) is 9.59. The van der Waals surface area contributed by atoms with Crippen molar-refractivity contribution in [2.45, 2.75) is 38.3 Å². The number of benzene rings is 1. The number of aliphatic hydroxyl groups is 1. The number of ether oxygens (including phenoxy) is 1. The molecule has 0 aliphatic carbocycles. The van der Waals surface area contributed by atoms with E-state index < -0.39 is 5.97 Å². The molecule has 0 radical (unpaired) electrons. The molecule has 0 saturated carbocycles. The Morgan fingerprint density at radius 3 is 2.95 bits per heavy atom. The number of nitrogens with two attached hydrogens (primary N) is 1. The number of nitrogens with zero attached hydrogens (tertiary/aromatic N) is 1. The largest absolute Gasteiger partial charge is 0.465 e. The SMILES string of the molecule is COC(=O)c1c(N)cccc1CN1CCCCCC1CO. The van der Waals surface area contributed by atoms with E-state index in [1.807, 2.05) is 12.1 Å². The predicted octanol–water partition coefficient (Wildman–Crippen LogP) is 1.79. The molecule has 1 unspecified atom stereocenters. The maximum Gasteiger partial charge on any atom is 0.340 e. The molecule has 116 valence electrons. The smallest absolute Gasteiger partial charge is 0.340 e. The summed E-state index contributed by atoms with van der Waals surface area (Å²) in [7, 11) is 1.36. The van der Waals surface area contributed by atoms with Crippen LogP contribution in [0, 0.1) is 0 Å². The minimum Gasteiger partial charge on any atom is -0.465 e. The normalized spacial score (nSPS) is 20.0. The standard InChI is InChI=1S/C16H24N2O3/c1-21-16(20)15-12(6-5-8-14(15)17)10-18-9-4-2-3-7-13(18)11-19/h5-6,8,13,19H,2-4,7,9-11,17H2,1H3. The molecule has 5 heteroatoms. The Kier molecular flexibility index (Phi) is 5.59. The van der Waals surface area contributed by atoms with Crippen LogP contribution in [0.2, 0.25) is 0 Å². The molecule has 0 spiro atoms. The molecule has 1 aliphatic heterocycles. The van der Waals surface area contributed by atoms with E-state index in [0.717, 1.165) is 31.4 Å². The fourth-order valence-corrected chi connectivity index (χ4v) is 2.97. The highest BCUT2D eigenvalue weighted by molar-refractivity contribution is 5.96. The average molecular weight is 292 g/mol. The first-order chi connectivity index (χ1) is 10.2. The zero-order valence-corrected chi connectivity index (χ0v) is 12.5. The summed E-state index contributed by atoms with van der Waals surface area (Å²) in [6.07, 6.45) is 4.44. The van der Waals surface area contributed by atoms with Gasteiger partial charge in [-0.05, 0) is 31.0 Å². The van der Waals surface area contributed by atoms with E-state index in [2.05, 4.69) is 4.90 Å². The Morgan fingerprint density at radius 2 is 2.24 bits per heavy atom. The highest BCUT2D eigenvalue weighted by Crippen LogP contribution is 2.23. The van der Waals surface area contributed by atoms with E-state index in [1.165, 1.54) is 13.5 Å². The second-order valence-electron chi connectivity index (χ2n) is 5.53. The lowest BCUT2D eigenvalue weighted by molar-refractivity contribution is 0.0597. The molecule has 0 bridgehead atoms. The number of hydrogen-bond donors (Lipinski definition) is 2. The summed E-state index contributed by atoms with van der Waals surface area (Å²) in [6, 6.07) is 5.62. The summed E-state index contributed by atoms with van der Waals surface area (Å²) in [5.74, 6) is -0.404. The third-order valence-electron chi connectivity index (χ3n) is 4.16. The monoisotopic (exact) mass is 292 g/mol. The summed E-state index contributed by atoms with van der Waals surface area (Å²) >= 11 is 0. The van der Waals surface area contributed by atoms with Gasteiger partial charge in [0.1, 0.15) is 0 Å². The van der Waals surface area contributed by atoms with Gasteiger partial charge in [0.15, 0.2) is 0 Å². The van der Waals surface area contributed by atoms with Crippen molar-refractivity contribution in [3.05, 3.63) is 29.3 Å². The lowest BCUT2D eigenvalue weighted by Crippen LogP contribution is -2.37. The van der Waals surface area contributed by atoms with E-state index in [4.69, 9.17) is 10.5 Å². The Bertz CT molecular complexity index is 490. The quantitative estimate of drug-likeness (QED) is 0.653. The Labute approximate surface area is 125 Å². The van der Waals surface area contributed by atoms with Crippen LogP contribution in [0.4, 0.5) is 5.69 Å². The number of carbonyl (C=O) groups is 1. The minimum absolute atomic E-state index is 0.149. The molecule has 3 N–H and O–H groups in total. The number of aliphatic hydroxyl groups excluding tert-OH is 1. The highest BCUT2D eigenvalue weighted by atomic mass is 16.5. The summed E-state index contributed by atoms with van der Waals surface area (Å²) < 4.78 is 4.84. The molecule has 1 aromatic carbocycles. The van der Waals surface area contributed by atoms with Crippen LogP contribution < -0.4 is 5.73 Å². The van der Waals surface area contributed by atoms with E-state index in [-0.39, 0.29) is 12.6 Å². The molecule has 1 heterocycles. The lowest BCUT2D eigenvalue weighted by atomic mass is 10.0. The van der Waals surface area contributed by atoms with E-state index in [0.29, 0.717) is 17.8 Å². The highest BCUT2D eigenvalue weighted by Gasteiger charge is 2.23. The van der Waals surface area contributed by atoms with Crippen LogP contribution in [0.25, 0.3) is 0 Å². The number of rotatable bonds is 4. The van der Waals surface area contributed by atoms with Crippen molar-refractivity contribution in [2.24, 2.45) is 0 Å². The number of anilines is 1. The van der Waals surface area contributed by atoms with Crippen LogP contribution in [-0.2, 0) is 11.3 Å². The minimum atomic E-state index is -0.404. The first-order valence-electron chi connectivity index (χ1n) is 7.48. The van der Waals surface area contributed by atoms with Gasteiger partial charge in [-0.1, -0.05) is 25.0 Å². The molecule has 5 nitrogen and oxygen atoms in total. The molecule has 1 atom stereocenters. The topological polar surface area (TPSA) is 75.8 Å². The molecule has 2 rings (SSSR count). The van der Waals surface area contributed by atoms with Crippen LogP contribution in [0.15, 0.2) is 18.2 Å².